The molecule has 1 unspecified atom stereocenters. The highest BCUT2D eigenvalue weighted by atomic mass is 16.1. The molecule has 1 N–H and O–H groups in total. The number of rotatable bonds is 6. The summed E-state index contributed by atoms with van der Waals surface area (Å²) in [4.78, 5) is 12.7. The first kappa shape index (κ1) is 14.6. The van der Waals surface area contributed by atoms with Crippen LogP contribution in [0.2, 0.25) is 0 Å². The lowest BCUT2D eigenvalue weighted by molar-refractivity contribution is 0.0878. The zero-order valence-electron chi connectivity index (χ0n) is 13.6. The third-order valence-corrected chi connectivity index (χ3v) is 5.53. The molecule has 2 saturated carbocycles. The zero-order valence-corrected chi connectivity index (χ0v) is 13.6. The van der Waals surface area contributed by atoms with Crippen molar-refractivity contribution in [3.8, 4) is 0 Å². The SMILES string of the molecule is CCC(C)n1ncc(C(=O)NC(C)(C2CC2)C2CC2)c1C. The van der Waals surface area contributed by atoms with Crippen LogP contribution in [0, 0.1) is 18.8 Å². The van der Waals surface area contributed by atoms with E-state index in [9.17, 15) is 4.79 Å². The molecule has 0 radical (unpaired) electrons. The Morgan fingerprint density at radius 2 is 2.00 bits per heavy atom. The van der Waals surface area contributed by atoms with E-state index in [2.05, 4.69) is 31.2 Å². The van der Waals surface area contributed by atoms with Crippen LogP contribution >= 0.6 is 0 Å². The molecule has 1 atom stereocenters. The molecule has 0 aromatic carbocycles. The summed E-state index contributed by atoms with van der Waals surface area (Å²) in [5, 5.41) is 7.77. The van der Waals surface area contributed by atoms with Gasteiger partial charge in [0.1, 0.15) is 0 Å². The lowest BCUT2D eigenvalue weighted by Gasteiger charge is -2.31. The number of amides is 1. The van der Waals surface area contributed by atoms with E-state index < -0.39 is 0 Å². The number of carbonyl (C=O) groups is 1. The lowest BCUT2D eigenvalue weighted by atomic mass is 9.89. The second-order valence-electron chi connectivity index (χ2n) is 7.13. The Morgan fingerprint density at radius 3 is 2.48 bits per heavy atom. The summed E-state index contributed by atoms with van der Waals surface area (Å²) in [7, 11) is 0. The van der Waals surface area contributed by atoms with Gasteiger partial charge in [0.05, 0.1) is 11.8 Å². The third-order valence-electron chi connectivity index (χ3n) is 5.53. The fourth-order valence-electron chi connectivity index (χ4n) is 3.48. The topological polar surface area (TPSA) is 46.9 Å². The molecule has 2 fully saturated rings. The quantitative estimate of drug-likeness (QED) is 0.871. The van der Waals surface area contributed by atoms with Crippen molar-refractivity contribution in [1.82, 2.24) is 15.1 Å². The standard InChI is InChI=1S/C17H27N3O/c1-5-11(2)20-12(3)15(10-18-20)16(21)19-17(4,13-6-7-13)14-8-9-14/h10-11,13-14H,5-9H2,1-4H3,(H,19,21). The molecule has 2 aliphatic rings. The van der Waals surface area contributed by atoms with Crippen LogP contribution in [0.1, 0.15) is 75.0 Å². The average Bonchev–Trinajstić information content (AvgIpc) is 3.34. The molecule has 0 bridgehead atoms. The molecule has 2 aliphatic carbocycles. The van der Waals surface area contributed by atoms with Crippen molar-refractivity contribution < 1.29 is 4.79 Å². The number of hydrogen-bond donors (Lipinski definition) is 1. The minimum Gasteiger partial charge on any atom is -0.346 e. The van der Waals surface area contributed by atoms with Crippen molar-refractivity contribution >= 4 is 5.91 Å². The fraction of sp³-hybridized carbons (Fsp3) is 0.765. The summed E-state index contributed by atoms with van der Waals surface area (Å²) in [6.07, 6.45) is 7.80. The van der Waals surface area contributed by atoms with Crippen LogP contribution in [0.15, 0.2) is 6.20 Å². The van der Waals surface area contributed by atoms with Crippen molar-refractivity contribution in [2.45, 2.75) is 71.4 Å². The molecule has 1 heterocycles. The van der Waals surface area contributed by atoms with Gasteiger partial charge in [0, 0.05) is 17.3 Å². The molecular weight excluding hydrogens is 262 g/mol. The van der Waals surface area contributed by atoms with Gasteiger partial charge in [-0.2, -0.15) is 5.10 Å². The molecule has 1 aromatic heterocycles. The first-order valence-corrected chi connectivity index (χ1v) is 8.34. The first-order chi connectivity index (χ1) is 9.97. The van der Waals surface area contributed by atoms with Gasteiger partial charge in [0.25, 0.3) is 5.91 Å². The van der Waals surface area contributed by atoms with Gasteiger partial charge in [0.2, 0.25) is 0 Å². The predicted octanol–water partition coefficient (Wildman–Crippen LogP) is 3.47. The van der Waals surface area contributed by atoms with Gasteiger partial charge < -0.3 is 5.32 Å². The van der Waals surface area contributed by atoms with Crippen molar-refractivity contribution in [1.29, 1.82) is 0 Å². The highest BCUT2D eigenvalue weighted by Crippen LogP contribution is 2.51. The molecule has 4 heteroatoms. The zero-order chi connectivity index (χ0) is 15.2. The van der Waals surface area contributed by atoms with Crippen LogP contribution in [-0.2, 0) is 0 Å². The summed E-state index contributed by atoms with van der Waals surface area (Å²) < 4.78 is 1.97. The molecule has 4 nitrogen and oxygen atoms in total. The molecule has 1 aromatic rings. The van der Waals surface area contributed by atoms with Crippen LogP contribution in [0.25, 0.3) is 0 Å². The Hall–Kier alpha value is -1.32. The smallest absolute Gasteiger partial charge is 0.255 e. The molecule has 3 rings (SSSR count). The molecule has 0 aliphatic heterocycles. The van der Waals surface area contributed by atoms with Crippen LogP contribution in [-0.4, -0.2) is 21.2 Å². The summed E-state index contributed by atoms with van der Waals surface area (Å²) >= 11 is 0. The normalized spacial score (nSPS) is 20.4. The maximum atomic E-state index is 12.7. The maximum Gasteiger partial charge on any atom is 0.255 e. The second-order valence-corrected chi connectivity index (χ2v) is 7.13. The van der Waals surface area contributed by atoms with Gasteiger partial charge in [-0.15, -0.1) is 0 Å². The average molecular weight is 289 g/mol. The maximum absolute atomic E-state index is 12.7. The van der Waals surface area contributed by atoms with E-state index in [1.807, 2.05) is 11.6 Å². The molecular formula is C17H27N3O. The molecule has 1 amide bonds. The van der Waals surface area contributed by atoms with Gasteiger partial charge >= 0.3 is 0 Å². The number of nitrogens with one attached hydrogen (secondary N) is 1. The van der Waals surface area contributed by atoms with Gasteiger partial charge in [-0.05, 0) is 64.7 Å². The van der Waals surface area contributed by atoms with Crippen LogP contribution in [0.4, 0.5) is 0 Å². The highest BCUT2D eigenvalue weighted by Gasteiger charge is 2.51. The van der Waals surface area contributed by atoms with Gasteiger partial charge in [-0.1, -0.05) is 6.92 Å². The number of carbonyl (C=O) groups excluding carboxylic acids is 1. The Labute approximate surface area is 127 Å². The molecule has 0 spiro atoms. The van der Waals surface area contributed by atoms with Crippen molar-refractivity contribution in [2.24, 2.45) is 11.8 Å². The van der Waals surface area contributed by atoms with E-state index in [1.54, 1.807) is 6.20 Å². The Balaban J connectivity index is 1.77. The molecule has 21 heavy (non-hydrogen) atoms. The fourth-order valence-corrected chi connectivity index (χ4v) is 3.48. The largest absolute Gasteiger partial charge is 0.346 e. The van der Waals surface area contributed by atoms with Gasteiger partial charge in [-0.3, -0.25) is 9.48 Å². The van der Waals surface area contributed by atoms with Gasteiger partial charge in [-0.25, -0.2) is 0 Å². The summed E-state index contributed by atoms with van der Waals surface area (Å²) in [5.74, 6) is 1.42. The number of hydrogen-bond acceptors (Lipinski definition) is 2. The number of aromatic nitrogens is 2. The van der Waals surface area contributed by atoms with Gasteiger partial charge in [0.15, 0.2) is 0 Å². The van der Waals surface area contributed by atoms with Crippen molar-refractivity contribution in [3.63, 3.8) is 0 Å². The van der Waals surface area contributed by atoms with Crippen LogP contribution in [0.3, 0.4) is 0 Å². The first-order valence-electron chi connectivity index (χ1n) is 8.34. The Morgan fingerprint density at radius 1 is 1.43 bits per heavy atom. The van der Waals surface area contributed by atoms with E-state index >= 15 is 0 Å². The molecule has 0 saturated heterocycles. The van der Waals surface area contributed by atoms with Crippen molar-refractivity contribution in [3.05, 3.63) is 17.5 Å². The van der Waals surface area contributed by atoms with E-state index in [0.29, 0.717) is 17.9 Å². The monoisotopic (exact) mass is 289 g/mol. The molecule has 116 valence electrons. The Bertz CT molecular complexity index is 528. The van der Waals surface area contributed by atoms with E-state index in [1.165, 1.54) is 25.7 Å². The third kappa shape index (κ3) is 2.60. The van der Waals surface area contributed by atoms with E-state index in [-0.39, 0.29) is 11.4 Å². The highest BCUT2D eigenvalue weighted by molar-refractivity contribution is 5.95. The summed E-state index contributed by atoms with van der Waals surface area (Å²) in [6.45, 7) is 8.53. The minimum atomic E-state index is 0.00198. The summed E-state index contributed by atoms with van der Waals surface area (Å²) in [6, 6.07) is 0.338. The second kappa shape index (κ2) is 5.15. The lowest BCUT2D eigenvalue weighted by Crippen LogP contribution is -2.49. The number of nitrogens with zero attached hydrogens (tertiary/aromatic N) is 2. The van der Waals surface area contributed by atoms with Crippen LogP contribution < -0.4 is 5.32 Å². The minimum absolute atomic E-state index is 0.00198. The summed E-state index contributed by atoms with van der Waals surface area (Å²) in [5.41, 5.74) is 1.72. The predicted molar refractivity (Wildman–Crippen MR) is 83.3 cm³/mol. The van der Waals surface area contributed by atoms with E-state index in [0.717, 1.165) is 17.7 Å². The Kier molecular flexibility index (Phi) is 3.58. The van der Waals surface area contributed by atoms with E-state index in [4.69, 9.17) is 0 Å². The van der Waals surface area contributed by atoms with Crippen LogP contribution in [0.5, 0.6) is 0 Å². The van der Waals surface area contributed by atoms with Crippen molar-refractivity contribution in [2.75, 3.05) is 0 Å².